The van der Waals surface area contributed by atoms with Gasteiger partial charge in [0, 0.05) is 25.9 Å². The van der Waals surface area contributed by atoms with E-state index in [0.29, 0.717) is 45.8 Å². The molecule has 4 heterocycles. The predicted molar refractivity (Wildman–Crippen MR) is 135 cm³/mol. The summed E-state index contributed by atoms with van der Waals surface area (Å²) in [6.07, 6.45) is 4.30. The number of halogens is 1. The Bertz CT molecular complexity index is 1630. The summed E-state index contributed by atoms with van der Waals surface area (Å²) in [7, 11) is 1.74. The van der Waals surface area contributed by atoms with Gasteiger partial charge in [0.25, 0.3) is 0 Å². The first-order chi connectivity index (χ1) is 18.4. The molecule has 0 aliphatic rings. The molecule has 198 valence electrons. The van der Waals surface area contributed by atoms with E-state index in [-0.39, 0.29) is 18.4 Å². The number of furan rings is 1. The zero-order valence-corrected chi connectivity index (χ0v) is 21.6. The van der Waals surface area contributed by atoms with Crippen molar-refractivity contribution in [3.63, 3.8) is 0 Å². The minimum absolute atomic E-state index is 0.0889. The number of hydrogen-bond acceptors (Lipinski definition) is 9. The number of benzene rings is 1. The zero-order valence-electron chi connectivity index (χ0n) is 20.7. The van der Waals surface area contributed by atoms with E-state index in [1.54, 1.807) is 46.5 Å². The molecule has 14 heteroatoms. The van der Waals surface area contributed by atoms with Crippen LogP contribution in [0.5, 0.6) is 11.5 Å². The van der Waals surface area contributed by atoms with E-state index in [4.69, 9.17) is 13.9 Å². The molecular formula is C24H24FN7O5S. The first kappa shape index (κ1) is 25.4. The lowest BCUT2D eigenvalue weighted by Gasteiger charge is -2.19. The van der Waals surface area contributed by atoms with Crippen LogP contribution in [0, 0.1) is 5.82 Å². The highest BCUT2D eigenvalue weighted by molar-refractivity contribution is 7.70. The Labute approximate surface area is 218 Å². The molecule has 1 atom stereocenters. The summed E-state index contributed by atoms with van der Waals surface area (Å²) in [5, 5.41) is 8.71. The molecule has 0 amide bonds. The third-order valence-corrected chi connectivity index (χ3v) is 6.60. The van der Waals surface area contributed by atoms with Gasteiger partial charge in [-0.15, -0.1) is 10.2 Å². The minimum atomic E-state index is -2.99. The van der Waals surface area contributed by atoms with Gasteiger partial charge in [-0.2, -0.15) is 0 Å². The number of methoxy groups -OCH3 is 2. The number of nitrogens with one attached hydrogen (secondary N) is 1. The van der Waals surface area contributed by atoms with Gasteiger partial charge in [0.05, 0.1) is 38.7 Å². The molecule has 4 aromatic heterocycles. The molecule has 0 saturated heterocycles. The van der Waals surface area contributed by atoms with Crippen molar-refractivity contribution in [2.45, 2.75) is 18.9 Å². The SMILES string of the molecule is COc1cccc(OC)c1-n1c(C[C@@H](Cc2ncc(F)c3c2ncn3C)N[SH](=O)=O)nnc1-c1ccco1. The van der Waals surface area contributed by atoms with Crippen LogP contribution in [0.3, 0.4) is 0 Å². The lowest BCUT2D eigenvalue weighted by molar-refractivity contribution is 0.390. The van der Waals surface area contributed by atoms with E-state index in [1.165, 1.54) is 26.8 Å². The Balaban J connectivity index is 1.62. The third-order valence-electron chi connectivity index (χ3n) is 6.02. The number of rotatable bonds is 10. The van der Waals surface area contributed by atoms with E-state index < -0.39 is 22.7 Å². The maximum atomic E-state index is 14.4. The Morgan fingerprint density at radius 3 is 2.50 bits per heavy atom. The van der Waals surface area contributed by atoms with Crippen molar-refractivity contribution >= 4 is 21.9 Å². The lowest BCUT2D eigenvalue weighted by atomic mass is 10.1. The van der Waals surface area contributed by atoms with Crippen LogP contribution in [0.15, 0.2) is 53.5 Å². The van der Waals surface area contributed by atoms with E-state index in [1.807, 2.05) is 0 Å². The second kappa shape index (κ2) is 10.6. The normalized spacial score (nSPS) is 12.3. The summed E-state index contributed by atoms with van der Waals surface area (Å²) in [4.78, 5) is 8.47. The molecule has 0 aliphatic carbocycles. The van der Waals surface area contributed by atoms with Crippen molar-refractivity contribution in [3.05, 3.63) is 66.5 Å². The van der Waals surface area contributed by atoms with Crippen LogP contribution < -0.4 is 14.2 Å². The van der Waals surface area contributed by atoms with Crippen molar-refractivity contribution in [1.29, 1.82) is 0 Å². The molecular weight excluding hydrogens is 517 g/mol. The Morgan fingerprint density at radius 2 is 1.84 bits per heavy atom. The van der Waals surface area contributed by atoms with Gasteiger partial charge < -0.3 is 18.5 Å². The van der Waals surface area contributed by atoms with Gasteiger partial charge in [-0.05, 0) is 24.3 Å². The predicted octanol–water partition coefficient (Wildman–Crippen LogP) is 2.24. The highest BCUT2D eigenvalue weighted by Crippen LogP contribution is 2.36. The van der Waals surface area contributed by atoms with Crippen LogP contribution in [0.4, 0.5) is 4.39 Å². The van der Waals surface area contributed by atoms with Gasteiger partial charge in [0.15, 0.2) is 11.6 Å². The summed E-state index contributed by atoms with van der Waals surface area (Å²) in [5.41, 5.74) is 1.58. The number of aryl methyl sites for hydroxylation is 1. The van der Waals surface area contributed by atoms with Gasteiger partial charge in [-0.1, -0.05) is 6.07 Å². The number of nitrogens with zero attached hydrogens (tertiary/aromatic N) is 6. The van der Waals surface area contributed by atoms with E-state index >= 15 is 0 Å². The number of para-hydroxylation sites is 1. The number of thiol groups is 1. The van der Waals surface area contributed by atoms with Crippen molar-refractivity contribution in [1.82, 2.24) is 34.0 Å². The molecule has 0 spiro atoms. The van der Waals surface area contributed by atoms with E-state index in [9.17, 15) is 12.8 Å². The summed E-state index contributed by atoms with van der Waals surface area (Å²) in [6, 6.07) is 8.04. The number of ether oxygens (including phenoxy) is 2. The fraction of sp³-hybridized carbons (Fsp3) is 0.250. The number of hydrogen-bond donors (Lipinski definition) is 2. The van der Waals surface area contributed by atoms with E-state index in [2.05, 4.69) is 24.9 Å². The monoisotopic (exact) mass is 541 g/mol. The van der Waals surface area contributed by atoms with Gasteiger partial charge in [0.2, 0.25) is 16.7 Å². The molecule has 0 unspecified atom stereocenters. The highest BCUT2D eigenvalue weighted by atomic mass is 32.2. The van der Waals surface area contributed by atoms with Gasteiger partial charge in [-0.25, -0.2) is 22.5 Å². The summed E-state index contributed by atoms with van der Waals surface area (Å²) < 4.78 is 60.6. The van der Waals surface area contributed by atoms with Crippen molar-refractivity contribution < 1.29 is 26.7 Å². The maximum Gasteiger partial charge on any atom is 0.204 e. The molecule has 0 bridgehead atoms. The molecule has 12 nitrogen and oxygen atoms in total. The fourth-order valence-corrected chi connectivity index (χ4v) is 4.88. The Kier molecular flexibility index (Phi) is 7.07. The van der Waals surface area contributed by atoms with Crippen LogP contribution >= 0.6 is 0 Å². The molecule has 1 N–H and O–H groups in total. The molecule has 1 aromatic carbocycles. The van der Waals surface area contributed by atoms with Crippen LogP contribution in [0.2, 0.25) is 0 Å². The van der Waals surface area contributed by atoms with Crippen LogP contribution in [-0.2, 0) is 30.8 Å². The summed E-state index contributed by atoms with van der Waals surface area (Å²) >= 11 is 0. The minimum Gasteiger partial charge on any atom is -0.494 e. The molecule has 5 aromatic rings. The van der Waals surface area contributed by atoms with Gasteiger partial charge >= 0.3 is 0 Å². The second-order valence-corrected chi connectivity index (χ2v) is 9.13. The molecule has 0 radical (unpaired) electrons. The zero-order chi connectivity index (χ0) is 26.8. The van der Waals surface area contributed by atoms with Gasteiger partial charge in [0.1, 0.15) is 34.0 Å². The molecule has 0 aliphatic heterocycles. The highest BCUT2D eigenvalue weighted by Gasteiger charge is 2.26. The maximum absolute atomic E-state index is 14.4. The second-order valence-electron chi connectivity index (χ2n) is 8.36. The average Bonchev–Trinajstić information content (AvgIpc) is 3.65. The number of aromatic nitrogens is 6. The molecule has 5 rings (SSSR count). The van der Waals surface area contributed by atoms with Crippen molar-refractivity contribution in [2.24, 2.45) is 7.05 Å². The summed E-state index contributed by atoms with van der Waals surface area (Å²) in [5.74, 6) is 1.64. The third kappa shape index (κ3) is 4.70. The van der Waals surface area contributed by atoms with Gasteiger partial charge in [-0.3, -0.25) is 9.55 Å². The quantitative estimate of drug-likeness (QED) is 0.255. The topological polar surface area (TPSA) is 139 Å². The summed E-state index contributed by atoms with van der Waals surface area (Å²) in [6.45, 7) is 0. The Morgan fingerprint density at radius 1 is 1.08 bits per heavy atom. The van der Waals surface area contributed by atoms with Crippen LogP contribution in [-0.4, -0.2) is 58.0 Å². The molecule has 0 fully saturated rings. The largest absolute Gasteiger partial charge is 0.494 e. The smallest absolute Gasteiger partial charge is 0.204 e. The average molecular weight is 542 g/mol. The Hall–Kier alpha value is -4.30. The molecule has 0 saturated carbocycles. The number of fused-ring (bicyclic) bond motifs is 1. The number of imidazole rings is 1. The van der Waals surface area contributed by atoms with Crippen LogP contribution in [0.25, 0.3) is 28.3 Å². The first-order valence-corrected chi connectivity index (χ1v) is 12.6. The molecule has 38 heavy (non-hydrogen) atoms. The van der Waals surface area contributed by atoms with Crippen molar-refractivity contribution in [3.8, 4) is 28.8 Å². The fourth-order valence-electron chi connectivity index (χ4n) is 4.40. The lowest BCUT2D eigenvalue weighted by Crippen LogP contribution is -2.33. The van der Waals surface area contributed by atoms with E-state index in [0.717, 1.165) is 6.20 Å². The number of pyridine rings is 1. The first-order valence-electron chi connectivity index (χ1n) is 11.5. The standard InChI is InChI=1S/C24H24FN7O5S/c1-31-13-27-21-16(26-12-15(25)22(21)31)10-14(30-38(33)34)11-20-28-29-24(19-8-5-9-37-19)32(20)23-17(35-2)6-4-7-18(23)36-3/h4-9,12-14,38H,10-11H2,1-3H3,(H,30,33,34)/t14-/m1/s1. The van der Waals surface area contributed by atoms with Crippen molar-refractivity contribution in [2.75, 3.05) is 14.2 Å². The van der Waals surface area contributed by atoms with Crippen LogP contribution in [0.1, 0.15) is 11.5 Å².